The van der Waals surface area contributed by atoms with E-state index in [0.29, 0.717) is 6.61 Å². The van der Waals surface area contributed by atoms with Crippen LogP contribution in [-0.2, 0) is 25.6 Å². The molecule has 0 amide bonds. The third kappa shape index (κ3) is 5.85. The monoisotopic (exact) mass is 244 g/mol. The molecule has 0 aliphatic rings. The van der Waals surface area contributed by atoms with E-state index in [0.717, 1.165) is 11.8 Å². The van der Waals surface area contributed by atoms with Gasteiger partial charge in [-0.05, 0) is 12.5 Å². The summed E-state index contributed by atoms with van der Waals surface area (Å²) in [5.41, 5.74) is 1.05. The topological polar surface area (TPSA) is 52.6 Å². The largest absolute Gasteiger partial charge is 0.374 e. The Morgan fingerprint density at radius 1 is 1.25 bits per heavy atom. The van der Waals surface area contributed by atoms with Gasteiger partial charge in [0.05, 0.1) is 25.6 Å². The Labute approximate surface area is 96.3 Å². The summed E-state index contributed by atoms with van der Waals surface area (Å²) >= 11 is 0. The van der Waals surface area contributed by atoms with Crippen LogP contribution in [0.25, 0.3) is 0 Å². The minimum Gasteiger partial charge on any atom is -0.374 e. The van der Waals surface area contributed by atoms with Gasteiger partial charge in [-0.2, -0.15) is 8.42 Å². The maximum atomic E-state index is 10.8. The molecule has 90 valence electrons. The Balaban J connectivity index is 2.26. The highest BCUT2D eigenvalue weighted by Gasteiger charge is 2.09. The van der Waals surface area contributed by atoms with Crippen molar-refractivity contribution >= 4 is 10.1 Å². The van der Waals surface area contributed by atoms with Crippen molar-refractivity contribution < 1.29 is 17.3 Å². The zero-order chi connectivity index (χ0) is 12.0. The predicted octanol–water partition coefficient (Wildman–Crippen LogP) is 1.57. The molecule has 0 N–H and O–H groups in total. The Morgan fingerprint density at radius 2 is 1.88 bits per heavy atom. The van der Waals surface area contributed by atoms with Crippen LogP contribution in [0.2, 0.25) is 0 Å². The quantitative estimate of drug-likeness (QED) is 0.713. The highest BCUT2D eigenvalue weighted by atomic mass is 32.2. The fraction of sp³-hybridized carbons (Fsp3) is 0.455. The zero-order valence-corrected chi connectivity index (χ0v) is 10.2. The molecule has 0 saturated heterocycles. The highest BCUT2D eigenvalue weighted by Crippen LogP contribution is 2.03. The van der Waals surface area contributed by atoms with Crippen molar-refractivity contribution in [1.82, 2.24) is 0 Å². The average molecular weight is 244 g/mol. The Morgan fingerprint density at radius 3 is 2.44 bits per heavy atom. The normalized spacial score (nSPS) is 13.6. The summed E-state index contributed by atoms with van der Waals surface area (Å²) in [6, 6.07) is 9.67. The minimum atomic E-state index is -3.40. The van der Waals surface area contributed by atoms with Gasteiger partial charge in [0.2, 0.25) is 0 Å². The van der Waals surface area contributed by atoms with Gasteiger partial charge in [-0.25, -0.2) is 0 Å². The van der Waals surface area contributed by atoms with E-state index in [4.69, 9.17) is 8.92 Å². The number of ether oxygens (including phenoxy) is 1. The Hall–Kier alpha value is -0.910. The molecule has 0 bridgehead atoms. The average Bonchev–Trinajstić information content (AvgIpc) is 2.16. The number of hydrogen-bond donors (Lipinski definition) is 0. The summed E-state index contributed by atoms with van der Waals surface area (Å²) < 4.78 is 31.7. The fourth-order valence-electron chi connectivity index (χ4n) is 1.24. The first kappa shape index (κ1) is 13.2. The molecule has 16 heavy (non-hydrogen) atoms. The van der Waals surface area contributed by atoms with Gasteiger partial charge in [0.15, 0.2) is 0 Å². The third-order valence-electron chi connectivity index (χ3n) is 1.80. The van der Waals surface area contributed by atoms with E-state index in [9.17, 15) is 8.42 Å². The van der Waals surface area contributed by atoms with Crippen LogP contribution in [0, 0.1) is 0 Å². The molecule has 0 fully saturated rings. The molecule has 0 aliphatic heterocycles. The smallest absolute Gasteiger partial charge is 0.264 e. The molecule has 1 aromatic rings. The summed E-state index contributed by atoms with van der Waals surface area (Å²) in [6.07, 6.45) is 0.569. The SMILES string of the molecule is C[C@@H](COCc1ccccc1)OS(C)(=O)=O. The predicted molar refractivity (Wildman–Crippen MR) is 61.5 cm³/mol. The summed E-state index contributed by atoms with van der Waals surface area (Å²) in [5.74, 6) is 0. The van der Waals surface area contributed by atoms with Crippen molar-refractivity contribution in [3.05, 3.63) is 35.9 Å². The molecule has 0 heterocycles. The molecule has 1 rings (SSSR count). The van der Waals surface area contributed by atoms with Gasteiger partial charge in [-0.15, -0.1) is 0 Å². The summed E-state index contributed by atoms with van der Waals surface area (Å²) in [7, 11) is -3.40. The van der Waals surface area contributed by atoms with Crippen molar-refractivity contribution in [1.29, 1.82) is 0 Å². The molecule has 0 aliphatic carbocycles. The third-order valence-corrected chi connectivity index (χ3v) is 2.48. The Kier molecular flexibility index (Phi) is 4.92. The molecule has 4 nitrogen and oxygen atoms in total. The molecule has 1 atom stereocenters. The highest BCUT2D eigenvalue weighted by molar-refractivity contribution is 7.86. The van der Waals surface area contributed by atoms with Gasteiger partial charge in [0, 0.05) is 0 Å². The maximum absolute atomic E-state index is 10.8. The minimum absolute atomic E-state index is 0.252. The zero-order valence-electron chi connectivity index (χ0n) is 9.42. The first-order chi connectivity index (χ1) is 7.47. The first-order valence-electron chi connectivity index (χ1n) is 4.97. The van der Waals surface area contributed by atoms with Crippen LogP contribution in [0.15, 0.2) is 30.3 Å². The lowest BCUT2D eigenvalue weighted by molar-refractivity contribution is 0.0526. The molecule has 1 aromatic carbocycles. The standard InChI is InChI=1S/C11H16O4S/c1-10(15-16(2,12)13)8-14-9-11-6-4-3-5-7-11/h3-7,10H,8-9H2,1-2H3/t10-/m0/s1. The second-order valence-electron chi connectivity index (χ2n) is 3.61. The van der Waals surface area contributed by atoms with E-state index in [1.165, 1.54) is 0 Å². The van der Waals surface area contributed by atoms with Gasteiger partial charge >= 0.3 is 0 Å². The fourth-order valence-corrected chi connectivity index (χ4v) is 1.90. The van der Waals surface area contributed by atoms with Gasteiger partial charge < -0.3 is 4.74 Å². The summed E-state index contributed by atoms with van der Waals surface area (Å²) in [4.78, 5) is 0. The second-order valence-corrected chi connectivity index (χ2v) is 5.21. The number of hydrogen-bond acceptors (Lipinski definition) is 4. The summed E-state index contributed by atoms with van der Waals surface area (Å²) in [5, 5.41) is 0. The first-order valence-corrected chi connectivity index (χ1v) is 6.79. The van der Waals surface area contributed by atoms with Crippen LogP contribution in [0.5, 0.6) is 0 Å². The molecular weight excluding hydrogens is 228 g/mol. The van der Waals surface area contributed by atoms with Crippen LogP contribution in [-0.4, -0.2) is 27.4 Å². The molecule has 0 spiro atoms. The van der Waals surface area contributed by atoms with E-state index in [1.54, 1.807) is 6.92 Å². The van der Waals surface area contributed by atoms with Gasteiger partial charge in [-0.3, -0.25) is 4.18 Å². The van der Waals surface area contributed by atoms with Gasteiger partial charge in [0.25, 0.3) is 10.1 Å². The van der Waals surface area contributed by atoms with Crippen LogP contribution in [0.4, 0.5) is 0 Å². The molecular formula is C11H16O4S. The van der Waals surface area contributed by atoms with Crippen molar-refractivity contribution in [2.45, 2.75) is 19.6 Å². The molecule has 0 saturated carbocycles. The second kappa shape index (κ2) is 5.98. The van der Waals surface area contributed by atoms with Gasteiger partial charge in [0.1, 0.15) is 0 Å². The van der Waals surface area contributed by atoms with E-state index >= 15 is 0 Å². The van der Waals surface area contributed by atoms with Crippen molar-refractivity contribution in [2.75, 3.05) is 12.9 Å². The summed E-state index contributed by atoms with van der Waals surface area (Å²) in [6.45, 7) is 2.37. The van der Waals surface area contributed by atoms with Crippen molar-refractivity contribution in [3.8, 4) is 0 Å². The van der Waals surface area contributed by atoms with E-state index in [-0.39, 0.29) is 6.61 Å². The number of benzene rings is 1. The van der Waals surface area contributed by atoms with Crippen LogP contribution in [0.3, 0.4) is 0 Å². The van der Waals surface area contributed by atoms with E-state index < -0.39 is 16.2 Å². The van der Waals surface area contributed by atoms with Crippen LogP contribution < -0.4 is 0 Å². The van der Waals surface area contributed by atoms with Gasteiger partial charge in [-0.1, -0.05) is 30.3 Å². The maximum Gasteiger partial charge on any atom is 0.264 e. The van der Waals surface area contributed by atoms with Crippen molar-refractivity contribution in [3.63, 3.8) is 0 Å². The Bertz CT molecular complexity index is 399. The van der Waals surface area contributed by atoms with Crippen LogP contribution >= 0.6 is 0 Å². The van der Waals surface area contributed by atoms with Crippen LogP contribution in [0.1, 0.15) is 12.5 Å². The number of rotatable bonds is 6. The lowest BCUT2D eigenvalue weighted by atomic mass is 10.2. The molecule has 5 heteroatoms. The van der Waals surface area contributed by atoms with E-state index in [1.807, 2.05) is 30.3 Å². The van der Waals surface area contributed by atoms with Crippen molar-refractivity contribution in [2.24, 2.45) is 0 Å². The lowest BCUT2D eigenvalue weighted by Gasteiger charge is -2.11. The molecule has 0 unspecified atom stereocenters. The lowest BCUT2D eigenvalue weighted by Crippen LogP contribution is -2.19. The molecule has 0 radical (unpaired) electrons. The molecule has 0 aromatic heterocycles. The van der Waals surface area contributed by atoms with E-state index in [2.05, 4.69) is 0 Å².